The lowest BCUT2D eigenvalue weighted by Crippen LogP contribution is -2.47. The van der Waals surface area contributed by atoms with Gasteiger partial charge in [-0.15, -0.1) is 0 Å². The van der Waals surface area contributed by atoms with E-state index in [1.54, 1.807) is 0 Å². The molecule has 122 valence electrons. The first-order chi connectivity index (χ1) is 10.4. The summed E-state index contributed by atoms with van der Waals surface area (Å²) >= 11 is 0. The van der Waals surface area contributed by atoms with Crippen LogP contribution >= 0.6 is 0 Å². The molecule has 1 aromatic rings. The van der Waals surface area contributed by atoms with E-state index in [0.29, 0.717) is 6.54 Å². The summed E-state index contributed by atoms with van der Waals surface area (Å²) in [7, 11) is 0. The number of nitrogens with one attached hydrogen (secondary N) is 2. The third kappa shape index (κ3) is 4.73. The summed E-state index contributed by atoms with van der Waals surface area (Å²) in [5.41, 5.74) is 2.36. The van der Waals surface area contributed by atoms with E-state index in [1.165, 1.54) is 11.1 Å². The first-order valence-corrected chi connectivity index (χ1v) is 8.16. The normalized spacial score (nSPS) is 22.2. The first kappa shape index (κ1) is 16.8. The van der Waals surface area contributed by atoms with Gasteiger partial charge in [-0.3, -0.25) is 0 Å². The Hall–Kier alpha value is -1.55. The molecule has 1 saturated carbocycles. The Kier molecular flexibility index (Phi) is 5.46. The van der Waals surface area contributed by atoms with Crippen molar-refractivity contribution in [1.82, 2.24) is 10.6 Å². The second kappa shape index (κ2) is 7.14. The lowest BCUT2D eigenvalue weighted by Gasteiger charge is -2.29. The number of hydrogen-bond donors (Lipinski definition) is 3. The molecule has 0 bridgehead atoms. The fourth-order valence-corrected chi connectivity index (χ4v) is 2.93. The summed E-state index contributed by atoms with van der Waals surface area (Å²) in [5.74, 6) is 0. The van der Waals surface area contributed by atoms with Crippen molar-refractivity contribution in [2.75, 3.05) is 6.54 Å². The standard InChI is InChI=1S/C18H28N2O2/c1-13-5-4-6-14(11-13)18(2,3)12-19-17(22)20-15-7-9-16(21)10-8-15/h4-6,11,15-16,21H,7-10,12H2,1-3H3,(H2,19,20,22). The number of urea groups is 1. The van der Waals surface area contributed by atoms with Crippen LogP contribution in [0.4, 0.5) is 4.79 Å². The average molecular weight is 304 g/mol. The number of aryl methyl sites for hydroxylation is 1. The summed E-state index contributed by atoms with van der Waals surface area (Å²) < 4.78 is 0. The summed E-state index contributed by atoms with van der Waals surface area (Å²) in [6.07, 6.45) is 3.08. The van der Waals surface area contributed by atoms with E-state index in [0.717, 1.165) is 25.7 Å². The fourth-order valence-electron chi connectivity index (χ4n) is 2.93. The highest BCUT2D eigenvalue weighted by Gasteiger charge is 2.24. The summed E-state index contributed by atoms with van der Waals surface area (Å²) in [5, 5.41) is 15.5. The number of carbonyl (C=O) groups is 1. The molecule has 0 atom stereocenters. The third-order valence-corrected chi connectivity index (χ3v) is 4.52. The number of hydrogen-bond acceptors (Lipinski definition) is 2. The molecule has 0 heterocycles. The van der Waals surface area contributed by atoms with Crippen LogP contribution < -0.4 is 10.6 Å². The molecule has 0 radical (unpaired) electrons. The highest BCUT2D eigenvalue weighted by atomic mass is 16.3. The van der Waals surface area contributed by atoms with Crippen LogP contribution in [0.25, 0.3) is 0 Å². The van der Waals surface area contributed by atoms with Gasteiger partial charge in [0.15, 0.2) is 0 Å². The highest BCUT2D eigenvalue weighted by Crippen LogP contribution is 2.23. The van der Waals surface area contributed by atoms with Crippen molar-refractivity contribution in [1.29, 1.82) is 0 Å². The molecule has 3 N–H and O–H groups in total. The van der Waals surface area contributed by atoms with E-state index in [9.17, 15) is 9.90 Å². The summed E-state index contributed by atoms with van der Waals surface area (Å²) in [6, 6.07) is 8.49. The van der Waals surface area contributed by atoms with Crippen LogP contribution in [0.15, 0.2) is 24.3 Å². The van der Waals surface area contributed by atoms with Crippen LogP contribution in [0.1, 0.15) is 50.7 Å². The second-order valence-electron chi connectivity index (χ2n) is 7.09. The molecule has 1 aliphatic rings. The molecule has 0 aliphatic heterocycles. The van der Waals surface area contributed by atoms with Gasteiger partial charge in [0, 0.05) is 18.0 Å². The van der Waals surface area contributed by atoms with Crippen molar-refractivity contribution in [3.63, 3.8) is 0 Å². The van der Waals surface area contributed by atoms with Crippen molar-refractivity contribution < 1.29 is 9.90 Å². The molecule has 4 heteroatoms. The van der Waals surface area contributed by atoms with Gasteiger partial charge in [-0.1, -0.05) is 43.7 Å². The third-order valence-electron chi connectivity index (χ3n) is 4.52. The van der Waals surface area contributed by atoms with Gasteiger partial charge in [0.2, 0.25) is 0 Å². The number of aliphatic hydroxyl groups is 1. The second-order valence-corrected chi connectivity index (χ2v) is 7.09. The SMILES string of the molecule is Cc1cccc(C(C)(C)CNC(=O)NC2CCC(O)CC2)c1. The Balaban J connectivity index is 1.82. The minimum atomic E-state index is -0.193. The minimum Gasteiger partial charge on any atom is -0.393 e. The topological polar surface area (TPSA) is 61.4 Å². The monoisotopic (exact) mass is 304 g/mol. The Labute approximate surface area is 133 Å². The Morgan fingerprint density at radius 1 is 1.27 bits per heavy atom. The van der Waals surface area contributed by atoms with Gasteiger partial charge < -0.3 is 15.7 Å². The minimum absolute atomic E-state index is 0.105. The van der Waals surface area contributed by atoms with Crippen molar-refractivity contribution >= 4 is 6.03 Å². The molecular weight excluding hydrogens is 276 g/mol. The predicted molar refractivity (Wildman–Crippen MR) is 89.0 cm³/mol. The Morgan fingerprint density at radius 3 is 2.59 bits per heavy atom. The maximum Gasteiger partial charge on any atom is 0.315 e. The number of benzene rings is 1. The van der Waals surface area contributed by atoms with Gasteiger partial charge in [0.25, 0.3) is 0 Å². The van der Waals surface area contributed by atoms with Crippen LogP contribution in [-0.4, -0.2) is 29.8 Å². The van der Waals surface area contributed by atoms with Crippen molar-refractivity contribution in [3.8, 4) is 0 Å². The Bertz CT molecular complexity index is 506. The van der Waals surface area contributed by atoms with Gasteiger partial charge in [-0.25, -0.2) is 4.79 Å². The van der Waals surface area contributed by atoms with Crippen LogP contribution in [0, 0.1) is 6.92 Å². The first-order valence-electron chi connectivity index (χ1n) is 8.16. The average Bonchev–Trinajstić information content (AvgIpc) is 2.48. The lowest BCUT2D eigenvalue weighted by molar-refractivity contribution is 0.117. The maximum absolute atomic E-state index is 12.1. The quantitative estimate of drug-likeness (QED) is 0.801. The largest absolute Gasteiger partial charge is 0.393 e. The zero-order valence-electron chi connectivity index (χ0n) is 13.9. The molecule has 2 rings (SSSR count). The van der Waals surface area contributed by atoms with Gasteiger partial charge in [0.05, 0.1) is 6.10 Å². The molecule has 0 saturated heterocycles. The fraction of sp³-hybridized carbons (Fsp3) is 0.611. The molecule has 1 aromatic carbocycles. The van der Waals surface area contributed by atoms with Crippen LogP contribution in [-0.2, 0) is 5.41 Å². The van der Waals surface area contributed by atoms with Crippen LogP contribution in [0.5, 0.6) is 0 Å². The van der Waals surface area contributed by atoms with Crippen molar-refractivity contribution in [2.45, 2.75) is 64.0 Å². The molecule has 1 fully saturated rings. The molecule has 4 nitrogen and oxygen atoms in total. The van der Waals surface area contributed by atoms with Crippen LogP contribution in [0.3, 0.4) is 0 Å². The lowest BCUT2D eigenvalue weighted by atomic mass is 9.84. The van der Waals surface area contributed by atoms with E-state index in [2.05, 4.69) is 55.7 Å². The van der Waals surface area contributed by atoms with E-state index in [-0.39, 0.29) is 23.6 Å². The number of rotatable bonds is 4. The smallest absolute Gasteiger partial charge is 0.315 e. The Morgan fingerprint density at radius 2 is 1.95 bits per heavy atom. The molecule has 0 spiro atoms. The van der Waals surface area contributed by atoms with E-state index in [1.807, 2.05) is 0 Å². The van der Waals surface area contributed by atoms with Crippen molar-refractivity contribution in [3.05, 3.63) is 35.4 Å². The number of amides is 2. The van der Waals surface area contributed by atoms with Gasteiger partial charge in [0.1, 0.15) is 0 Å². The predicted octanol–water partition coefficient (Wildman–Crippen LogP) is 2.88. The summed E-state index contributed by atoms with van der Waals surface area (Å²) in [4.78, 5) is 12.1. The van der Waals surface area contributed by atoms with E-state index in [4.69, 9.17) is 0 Å². The molecule has 1 aliphatic carbocycles. The molecule has 0 unspecified atom stereocenters. The van der Waals surface area contributed by atoms with E-state index >= 15 is 0 Å². The maximum atomic E-state index is 12.1. The molecule has 2 amide bonds. The molecular formula is C18H28N2O2. The van der Waals surface area contributed by atoms with Crippen LogP contribution in [0.2, 0.25) is 0 Å². The zero-order chi connectivity index (χ0) is 16.2. The molecule has 22 heavy (non-hydrogen) atoms. The van der Waals surface area contributed by atoms with Gasteiger partial charge >= 0.3 is 6.03 Å². The number of aliphatic hydroxyl groups excluding tert-OH is 1. The van der Waals surface area contributed by atoms with E-state index < -0.39 is 0 Å². The highest BCUT2D eigenvalue weighted by molar-refractivity contribution is 5.74. The van der Waals surface area contributed by atoms with Gasteiger partial charge in [-0.2, -0.15) is 0 Å². The van der Waals surface area contributed by atoms with Crippen molar-refractivity contribution in [2.24, 2.45) is 0 Å². The van der Waals surface area contributed by atoms with Gasteiger partial charge in [-0.05, 0) is 38.2 Å². The number of carbonyl (C=O) groups excluding carboxylic acids is 1. The zero-order valence-corrected chi connectivity index (χ0v) is 13.9. The molecule has 0 aromatic heterocycles. The summed E-state index contributed by atoms with van der Waals surface area (Å²) in [6.45, 7) is 6.95.